The summed E-state index contributed by atoms with van der Waals surface area (Å²) in [4.78, 5) is 19.2. The van der Waals surface area contributed by atoms with Crippen LogP contribution < -0.4 is 10.0 Å². The van der Waals surface area contributed by atoms with E-state index in [0.29, 0.717) is 11.3 Å². The van der Waals surface area contributed by atoms with Crippen molar-refractivity contribution in [2.24, 2.45) is 0 Å². The Kier molecular flexibility index (Phi) is 6.89. The van der Waals surface area contributed by atoms with Gasteiger partial charge in [-0.05, 0) is 24.6 Å². The van der Waals surface area contributed by atoms with Gasteiger partial charge in [-0.2, -0.15) is 0 Å². The molecule has 2 aromatic rings. The van der Waals surface area contributed by atoms with E-state index >= 15 is 0 Å². The average molecular weight is 444 g/mol. The lowest BCUT2D eigenvalue weighted by molar-refractivity contribution is -0.109. The molecule has 0 radical (unpaired) electrons. The third-order valence-corrected chi connectivity index (χ3v) is 6.33. The zero-order valence-electron chi connectivity index (χ0n) is 16.0. The van der Waals surface area contributed by atoms with E-state index in [1.165, 1.54) is 32.5 Å². The van der Waals surface area contributed by atoms with Crippen LogP contribution in [0.5, 0.6) is 0 Å². The first kappa shape index (κ1) is 22.7. The van der Waals surface area contributed by atoms with Crippen molar-refractivity contribution >= 4 is 31.8 Å². The first-order chi connectivity index (χ1) is 13.5. The van der Waals surface area contributed by atoms with E-state index in [2.05, 4.69) is 15.3 Å². The highest BCUT2D eigenvalue weighted by Crippen LogP contribution is 2.21. The van der Waals surface area contributed by atoms with E-state index in [9.17, 15) is 21.6 Å². The molecule has 1 aromatic heterocycles. The van der Waals surface area contributed by atoms with Gasteiger partial charge < -0.3 is 9.47 Å². The van der Waals surface area contributed by atoms with Gasteiger partial charge in [-0.1, -0.05) is 12.1 Å². The van der Waals surface area contributed by atoms with Crippen molar-refractivity contribution in [2.75, 3.05) is 25.8 Å². The molecule has 0 aliphatic heterocycles. The van der Waals surface area contributed by atoms with Crippen molar-refractivity contribution in [2.45, 2.75) is 23.0 Å². The van der Waals surface area contributed by atoms with Crippen LogP contribution in [0.25, 0.3) is 0 Å². The number of anilines is 1. The third-order valence-electron chi connectivity index (χ3n) is 3.65. The summed E-state index contributed by atoms with van der Waals surface area (Å²) in [6.07, 6.45) is 1.45. The molecule has 11 nitrogen and oxygen atoms in total. The monoisotopic (exact) mass is 444 g/mol. The molecule has 0 atom stereocenters. The maximum absolute atomic E-state index is 12.5. The fraction of sp³-hybridized carbons (Fsp3) is 0.312. The Labute approximate surface area is 168 Å². The maximum Gasteiger partial charge on any atom is 0.335 e. The Morgan fingerprint density at radius 3 is 2.21 bits per heavy atom. The van der Waals surface area contributed by atoms with Crippen LogP contribution in [-0.2, 0) is 29.3 Å². The van der Waals surface area contributed by atoms with Crippen LogP contribution in [0.1, 0.15) is 17.5 Å². The predicted octanol–water partition coefficient (Wildman–Crippen LogP) is 0.990. The van der Waals surface area contributed by atoms with Crippen molar-refractivity contribution in [1.82, 2.24) is 14.7 Å². The smallest absolute Gasteiger partial charge is 0.335 e. The van der Waals surface area contributed by atoms with E-state index in [4.69, 9.17) is 9.47 Å². The quantitative estimate of drug-likeness (QED) is 0.595. The summed E-state index contributed by atoms with van der Waals surface area (Å²) in [6, 6.07) is 3.75. The average Bonchev–Trinajstić information content (AvgIpc) is 2.64. The minimum absolute atomic E-state index is 0.200. The molecule has 2 amide bonds. The fourth-order valence-electron chi connectivity index (χ4n) is 2.36. The van der Waals surface area contributed by atoms with Gasteiger partial charge in [0.05, 0.1) is 4.90 Å². The summed E-state index contributed by atoms with van der Waals surface area (Å²) in [6.45, 7) is 1.71. The van der Waals surface area contributed by atoms with Gasteiger partial charge in [-0.25, -0.2) is 36.3 Å². The third kappa shape index (κ3) is 5.47. The highest BCUT2D eigenvalue weighted by Gasteiger charge is 2.26. The first-order valence-corrected chi connectivity index (χ1v) is 11.4. The summed E-state index contributed by atoms with van der Waals surface area (Å²) in [5.74, 6) is -0.200. The lowest BCUT2D eigenvalue weighted by atomic mass is 10.2. The number of nitrogens with one attached hydrogen (secondary N) is 2. The molecule has 2 N–H and O–H groups in total. The second kappa shape index (κ2) is 8.82. The SMILES string of the molecule is COC(OC)c1nc(NC(=O)NS(=O)(=O)c2ccccc2S(C)(=O)=O)ncc1C. The molecule has 0 spiro atoms. The van der Waals surface area contributed by atoms with Gasteiger partial charge in [-0.3, -0.25) is 5.32 Å². The van der Waals surface area contributed by atoms with E-state index < -0.39 is 42.0 Å². The summed E-state index contributed by atoms with van der Waals surface area (Å²) in [5.41, 5.74) is 0.963. The van der Waals surface area contributed by atoms with Crippen LogP contribution in [0.15, 0.2) is 40.3 Å². The van der Waals surface area contributed by atoms with Crippen LogP contribution >= 0.6 is 0 Å². The highest BCUT2D eigenvalue weighted by atomic mass is 32.2. The lowest BCUT2D eigenvalue weighted by Gasteiger charge is -2.16. The number of sulfone groups is 1. The Morgan fingerprint density at radius 2 is 1.66 bits per heavy atom. The second-order valence-corrected chi connectivity index (χ2v) is 9.48. The van der Waals surface area contributed by atoms with Crippen molar-refractivity contribution in [3.8, 4) is 0 Å². The molecule has 0 saturated heterocycles. The molecular weight excluding hydrogens is 424 g/mol. The van der Waals surface area contributed by atoms with Crippen molar-refractivity contribution in [3.05, 3.63) is 41.7 Å². The van der Waals surface area contributed by atoms with E-state index in [0.717, 1.165) is 18.4 Å². The summed E-state index contributed by atoms with van der Waals surface area (Å²) < 4.78 is 60.6. The van der Waals surface area contributed by atoms with Gasteiger partial charge in [-0.15, -0.1) is 0 Å². The number of urea groups is 1. The molecule has 0 aliphatic rings. The number of amides is 2. The first-order valence-electron chi connectivity index (χ1n) is 8.01. The number of carbonyl (C=O) groups excluding carboxylic acids is 1. The molecule has 158 valence electrons. The molecule has 1 heterocycles. The number of ether oxygens (including phenoxy) is 2. The number of carbonyl (C=O) groups is 1. The van der Waals surface area contributed by atoms with Gasteiger partial charge in [0.25, 0.3) is 10.0 Å². The van der Waals surface area contributed by atoms with Crippen LogP contribution in [0.4, 0.5) is 10.7 Å². The lowest BCUT2D eigenvalue weighted by Crippen LogP contribution is -2.35. The van der Waals surface area contributed by atoms with Crippen LogP contribution in [0.3, 0.4) is 0 Å². The van der Waals surface area contributed by atoms with E-state index in [1.807, 2.05) is 0 Å². The van der Waals surface area contributed by atoms with E-state index in [1.54, 1.807) is 11.6 Å². The minimum Gasteiger partial charge on any atom is -0.350 e. The zero-order valence-corrected chi connectivity index (χ0v) is 17.7. The zero-order chi connectivity index (χ0) is 21.8. The normalized spacial score (nSPS) is 12.0. The number of aryl methyl sites for hydroxylation is 1. The summed E-state index contributed by atoms with van der Waals surface area (Å²) in [7, 11) is -5.52. The van der Waals surface area contributed by atoms with Gasteiger partial charge in [0.1, 0.15) is 10.6 Å². The topological polar surface area (TPSA) is 154 Å². The molecule has 0 unspecified atom stereocenters. The molecule has 0 bridgehead atoms. The number of sulfonamides is 1. The van der Waals surface area contributed by atoms with Crippen molar-refractivity contribution in [1.29, 1.82) is 0 Å². The van der Waals surface area contributed by atoms with Gasteiger partial charge >= 0.3 is 6.03 Å². The molecule has 0 aliphatic carbocycles. The molecular formula is C16H20N4O7S2. The molecule has 29 heavy (non-hydrogen) atoms. The summed E-state index contributed by atoms with van der Waals surface area (Å²) >= 11 is 0. The largest absolute Gasteiger partial charge is 0.350 e. The Hall–Kier alpha value is -2.61. The number of hydrogen-bond donors (Lipinski definition) is 2. The van der Waals surface area contributed by atoms with Crippen LogP contribution in [-0.4, -0.2) is 53.3 Å². The highest BCUT2D eigenvalue weighted by molar-refractivity contribution is 7.93. The van der Waals surface area contributed by atoms with Gasteiger partial charge in [0, 0.05) is 26.7 Å². The number of benzene rings is 1. The predicted molar refractivity (Wildman–Crippen MR) is 102 cm³/mol. The minimum atomic E-state index is -4.48. The van der Waals surface area contributed by atoms with Crippen LogP contribution in [0.2, 0.25) is 0 Å². The Balaban J connectivity index is 2.27. The Morgan fingerprint density at radius 1 is 1.07 bits per heavy atom. The second-order valence-electron chi connectivity index (χ2n) is 5.84. The number of nitrogens with zero attached hydrogens (tertiary/aromatic N) is 2. The fourth-order valence-corrected chi connectivity index (χ4v) is 4.89. The van der Waals surface area contributed by atoms with Crippen molar-refractivity contribution in [3.63, 3.8) is 0 Å². The number of rotatable bonds is 7. The standard InChI is InChI=1S/C16H20N4O7S2/c1-10-9-17-15(18-13(10)14(26-2)27-3)19-16(21)20-29(24,25)12-8-6-5-7-11(12)28(4,22)23/h5-9,14H,1-4H3,(H2,17,18,19,20,21). The molecule has 0 fully saturated rings. The van der Waals surface area contributed by atoms with Crippen LogP contribution in [0, 0.1) is 6.92 Å². The molecule has 2 rings (SSSR count). The van der Waals surface area contributed by atoms with Crippen molar-refractivity contribution < 1.29 is 31.1 Å². The molecule has 13 heteroatoms. The molecule has 0 saturated carbocycles. The number of hydrogen-bond acceptors (Lipinski definition) is 9. The van der Waals surface area contributed by atoms with Gasteiger partial charge in [0.15, 0.2) is 9.84 Å². The Bertz CT molecular complexity index is 1110. The van der Waals surface area contributed by atoms with Gasteiger partial charge in [0.2, 0.25) is 12.2 Å². The maximum atomic E-state index is 12.5. The number of aromatic nitrogens is 2. The summed E-state index contributed by atoms with van der Waals surface area (Å²) in [5, 5.41) is 2.18. The number of methoxy groups -OCH3 is 2. The molecule has 1 aromatic carbocycles. The van der Waals surface area contributed by atoms with E-state index in [-0.39, 0.29) is 5.95 Å².